The average molecular weight is 293 g/mol. The van der Waals surface area contributed by atoms with E-state index < -0.39 is 0 Å². The van der Waals surface area contributed by atoms with Crippen LogP contribution in [0.25, 0.3) is 16.7 Å². The number of hydrogen-bond acceptors (Lipinski definition) is 2. The van der Waals surface area contributed by atoms with Gasteiger partial charge in [-0.15, -0.1) is 0 Å². The van der Waals surface area contributed by atoms with Crippen molar-refractivity contribution in [2.24, 2.45) is 4.99 Å². The first kappa shape index (κ1) is 13.3. The quantitative estimate of drug-likeness (QED) is 0.795. The smallest absolute Gasteiger partial charge is 0.123 e. The van der Waals surface area contributed by atoms with Gasteiger partial charge >= 0.3 is 0 Å². The Bertz CT molecular complexity index is 862. The zero-order chi connectivity index (χ0) is 15.5. The highest BCUT2D eigenvalue weighted by molar-refractivity contribution is 6.17. The minimum Gasteiger partial charge on any atom is -0.497 e. The molecule has 0 atom stereocenters. The van der Waals surface area contributed by atoms with E-state index in [1.54, 1.807) is 13.2 Å². The molecule has 0 saturated heterocycles. The first-order valence-corrected chi connectivity index (χ1v) is 7.29. The van der Waals surface area contributed by atoms with Gasteiger partial charge in [0.2, 0.25) is 0 Å². The summed E-state index contributed by atoms with van der Waals surface area (Å²) in [5.74, 6) is 0.619. The largest absolute Gasteiger partial charge is 0.497 e. The molecule has 0 saturated carbocycles. The van der Waals surface area contributed by atoms with Crippen LogP contribution in [0.1, 0.15) is 30.5 Å². The Hall–Kier alpha value is -2.42. The van der Waals surface area contributed by atoms with Crippen LogP contribution in [0.15, 0.2) is 41.5 Å². The molecular formula is C19H16FNO. The predicted molar refractivity (Wildman–Crippen MR) is 87.0 cm³/mol. The average Bonchev–Trinajstić information content (AvgIpc) is 2.66. The fourth-order valence-corrected chi connectivity index (χ4v) is 3.43. The van der Waals surface area contributed by atoms with Crippen molar-refractivity contribution in [3.8, 4) is 16.9 Å². The molecule has 1 aliphatic carbocycles. The van der Waals surface area contributed by atoms with E-state index in [0.717, 1.165) is 28.0 Å². The van der Waals surface area contributed by atoms with Gasteiger partial charge < -0.3 is 4.74 Å². The van der Waals surface area contributed by atoms with Crippen LogP contribution in [-0.4, -0.2) is 13.3 Å². The Morgan fingerprint density at radius 2 is 1.82 bits per heavy atom. The molecule has 0 fully saturated rings. The lowest BCUT2D eigenvalue weighted by Gasteiger charge is -2.22. The number of hydrogen-bond donors (Lipinski definition) is 0. The van der Waals surface area contributed by atoms with Crippen LogP contribution in [-0.2, 0) is 5.41 Å². The van der Waals surface area contributed by atoms with Gasteiger partial charge in [0.25, 0.3) is 0 Å². The molecule has 0 aromatic heterocycles. The number of fused-ring (bicyclic) bond motifs is 3. The number of halogens is 1. The second-order valence-corrected chi connectivity index (χ2v) is 6.28. The third kappa shape index (κ3) is 1.62. The molecule has 1 heterocycles. The second kappa shape index (κ2) is 4.29. The van der Waals surface area contributed by atoms with Gasteiger partial charge in [0.15, 0.2) is 0 Å². The normalized spacial score (nSPS) is 16.6. The summed E-state index contributed by atoms with van der Waals surface area (Å²) in [6.07, 6.45) is 3.70. The maximum Gasteiger partial charge on any atom is 0.123 e. The van der Waals surface area contributed by atoms with Crippen LogP contribution in [0.5, 0.6) is 5.75 Å². The fourth-order valence-electron chi connectivity index (χ4n) is 3.43. The molecule has 22 heavy (non-hydrogen) atoms. The predicted octanol–water partition coefficient (Wildman–Crippen LogP) is 4.57. The lowest BCUT2D eigenvalue weighted by atomic mass is 9.81. The number of aliphatic imine (C=N–C) groups is 1. The molecule has 0 bridgehead atoms. The molecule has 0 N–H and O–H groups in total. The van der Waals surface area contributed by atoms with Gasteiger partial charge in [-0.1, -0.05) is 19.9 Å². The lowest BCUT2D eigenvalue weighted by molar-refractivity contribution is 0.413. The lowest BCUT2D eigenvalue weighted by Crippen LogP contribution is -2.15. The van der Waals surface area contributed by atoms with E-state index in [-0.39, 0.29) is 11.2 Å². The van der Waals surface area contributed by atoms with E-state index in [1.807, 2.05) is 24.5 Å². The summed E-state index contributed by atoms with van der Waals surface area (Å²) in [4.78, 5) is 4.07. The molecule has 0 spiro atoms. The second-order valence-electron chi connectivity index (χ2n) is 6.28. The van der Waals surface area contributed by atoms with Crippen LogP contribution in [0, 0.1) is 5.82 Å². The minimum atomic E-state index is -0.252. The van der Waals surface area contributed by atoms with Crippen molar-refractivity contribution in [3.63, 3.8) is 0 Å². The standard InChI is InChI=1S/C19H16FNO/c1-19(2)16-6-12(20)4-5-14(16)18-15(11-9-21-10-11)7-13(22-3)8-17(18)19/h4-10H,1-3H3. The Morgan fingerprint density at radius 1 is 1.05 bits per heavy atom. The molecule has 110 valence electrons. The third-order valence-electron chi connectivity index (χ3n) is 4.68. The first-order valence-electron chi connectivity index (χ1n) is 7.29. The number of benzene rings is 2. The number of ether oxygens (including phenoxy) is 1. The summed E-state index contributed by atoms with van der Waals surface area (Å²) in [5, 5.41) is 0. The zero-order valence-corrected chi connectivity index (χ0v) is 12.8. The van der Waals surface area contributed by atoms with Crippen molar-refractivity contribution in [1.29, 1.82) is 0 Å². The molecule has 0 radical (unpaired) electrons. The van der Waals surface area contributed by atoms with Crippen LogP contribution in [0.2, 0.25) is 0 Å². The summed E-state index contributed by atoms with van der Waals surface area (Å²) in [6, 6.07) is 9.15. The molecule has 0 unspecified atom stereocenters. The van der Waals surface area contributed by atoms with Crippen molar-refractivity contribution in [2.45, 2.75) is 19.3 Å². The van der Waals surface area contributed by atoms with E-state index in [0.29, 0.717) is 0 Å². The van der Waals surface area contributed by atoms with Crippen molar-refractivity contribution in [3.05, 3.63) is 59.0 Å². The van der Waals surface area contributed by atoms with Gasteiger partial charge in [0.05, 0.1) is 7.11 Å². The van der Waals surface area contributed by atoms with Gasteiger partial charge in [0.1, 0.15) is 11.6 Å². The van der Waals surface area contributed by atoms with E-state index in [1.165, 1.54) is 17.2 Å². The summed E-state index contributed by atoms with van der Waals surface area (Å²) < 4.78 is 19.2. The van der Waals surface area contributed by atoms with Gasteiger partial charge in [-0.2, -0.15) is 0 Å². The van der Waals surface area contributed by atoms with Gasteiger partial charge in [-0.25, -0.2) is 4.39 Å². The number of methoxy groups -OCH3 is 1. The van der Waals surface area contributed by atoms with Crippen molar-refractivity contribution in [2.75, 3.05) is 7.11 Å². The molecule has 3 heteroatoms. The van der Waals surface area contributed by atoms with Crippen LogP contribution >= 0.6 is 0 Å². The highest BCUT2D eigenvalue weighted by Gasteiger charge is 2.38. The van der Waals surface area contributed by atoms with E-state index >= 15 is 0 Å². The molecule has 2 nitrogen and oxygen atoms in total. The topological polar surface area (TPSA) is 21.6 Å². The zero-order valence-electron chi connectivity index (χ0n) is 12.8. The minimum absolute atomic E-state index is 0.197. The van der Waals surface area contributed by atoms with Crippen LogP contribution < -0.4 is 4.74 Å². The Balaban J connectivity index is 2.08. The highest BCUT2D eigenvalue weighted by Crippen LogP contribution is 2.52. The van der Waals surface area contributed by atoms with Gasteiger partial charge in [0, 0.05) is 23.4 Å². The van der Waals surface area contributed by atoms with E-state index in [4.69, 9.17) is 4.74 Å². The van der Waals surface area contributed by atoms with Gasteiger partial charge in [-0.05, 0) is 52.1 Å². The third-order valence-corrected chi connectivity index (χ3v) is 4.68. The molecule has 2 aromatic rings. The van der Waals surface area contributed by atoms with Gasteiger partial charge in [-0.3, -0.25) is 4.99 Å². The first-order chi connectivity index (χ1) is 10.5. The molecular weight excluding hydrogens is 277 g/mol. The summed E-state index contributed by atoms with van der Waals surface area (Å²) in [7, 11) is 1.67. The summed E-state index contributed by atoms with van der Waals surface area (Å²) in [6.45, 7) is 4.26. The molecule has 0 amide bonds. The van der Waals surface area contributed by atoms with Crippen LogP contribution in [0.3, 0.4) is 0 Å². The van der Waals surface area contributed by atoms with Crippen molar-refractivity contribution >= 4 is 11.8 Å². The molecule has 4 rings (SSSR count). The van der Waals surface area contributed by atoms with E-state index in [9.17, 15) is 4.39 Å². The highest BCUT2D eigenvalue weighted by atomic mass is 19.1. The number of nitrogens with zero attached hydrogens (tertiary/aromatic N) is 1. The maximum absolute atomic E-state index is 13.8. The SMILES string of the molecule is COc1cc(C2=CN=C2)c2c(c1)C(C)(C)c1cc(F)ccc1-2. The van der Waals surface area contributed by atoms with Crippen molar-refractivity contribution in [1.82, 2.24) is 0 Å². The van der Waals surface area contributed by atoms with E-state index in [2.05, 4.69) is 24.9 Å². The fraction of sp³-hybridized carbons (Fsp3) is 0.211. The van der Waals surface area contributed by atoms with Crippen molar-refractivity contribution < 1.29 is 9.13 Å². The number of rotatable bonds is 2. The Labute approximate surface area is 129 Å². The summed E-state index contributed by atoms with van der Waals surface area (Å²) in [5.41, 5.74) is 6.39. The molecule has 1 aliphatic heterocycles. The molecule has 2 aliphatic rings. The molecule has 2 aromatic carbocycles. The summed E-state index contributed by atoms with van der Waals surface area (Å²) >= 11 is 0. The monoisotopic (exact) mass is 293 g/mol. The maximum atomic E-state index is 13.8. The number of allylic oxidation sites excluding steroid dienone is 1. The van der Waals surface area contributed by atoms with Crippen LogP contribution in [0.4, 0.5) is 4.39 Å². The Kier molecular flexibility index (Phi) is 2.59. The Morgan fingerprint density at radius 3 is 2.45 bits per heavy atom.